The zero-order chi connectivity index (χ0) is 16.1. The zero-order valence-corrected chi connectivity index (χ0v) is 12.4. The zero-order valence-electron chi connectivity index (χ0n) is 12.4. The van der Waals surface area contributed by atoms with Crippen LogP contribution in [0.1, 0.15) is 12.8 Å². The first-order chi connectivity index (χ1) is 10.5. The molecule has 0 spiro atoms. The average molecular weight is 307 g/mol. The lowest BCUT2D eigenvalue weighted by Crippen LogP contribution is -2.33. The molecule has 1 N–H and O–H groups in total. The van der Waals surface area contributed by atoms with E-state index in [9.17, 15) is 14.4 Å². The van der Waals surface area contributed by atoms with E-state index in [1.54, 1.807) is 7.05 Å². The van der Waals surface area contributed by atoms with E-state index in [1.165, 1.54) is 28.9 Å². The third kappa shape index (κ3) is 3.48. The number of carbonyl (C=O) groups is 2. The van der Waals surface area contributed by atoms with E-state index >= 15 is 0 Å². The van der Waals surface area contributed by atoms with Crippen LogP contribution in [0, 0.1) is 0 Å². The number of nitrogens with zero attached hydrogens (tertiary/aromatic N) is 4. The highest BCUT2D eigenvalue weighted by atomic mass is 16.5. The van der Waals surface area contributed by atoms with Crippen LogP contribution in [-0.4, -0.2) is 44.9 Å². The maximum absolute atomic E-state index is 12.2. The lowest BCUT2D eigenvalue weighted by Gasteiger charge is -2.07. The van der Waals surface area contributed by atoms with Gasteiger partial charge in [-0.25, -0.2) is 4.98 Å². The van der Waals surface area contributed by atoms with Crippen molar-refractivity contribution in [2.24, 2.45) is 7.05 Å². The Bertz CT molecular complexity index is 748. The van der Waals surface area contributed by atoms with E-state index in [4.69, 9.17) is 0 Å². The average Bonchev–Trinajstić information content (AvgIpc) is 2.88. The van der Waals surface area contributed by atoms with Crippen molar-refractivity contribution in [3.63, 3.8) is 0 Å². The van der Waals surface area contributed by atoms with Crippen LogP contribution in [0.5, 0.6) is 0 Å². The number of ether oxygens (including phenoxy) is 1. The molecule has 0 saturated heterocycles. The summed E-state index contributed by atoms with van der Waals surface area (Å²) < 4.78 is 7.21. The Balaban J connectivity index is 1.93. The number of fused-ring (bicyclic) bond motifs is 1. The summed E-state index contributed by atoms with van der Waals surface area (Å²) in [4.78, 5) is 39.0. The second-order valence-electron chi connectivity index (χ2n) is 4.71. The Morgan fingerprint density at radius 2 is 2.18 bits per heavy atom. The Morgan fingerprint density at radius 1 is 1.41 bits per heavy atom. The largest absolute Gasteiger partial charge is 0.469 e. The summed E-state index contributed by atoms with van der Waals surface area (Å²) in [7, 11) is 3.00. The molecular weight excluding hydrogens is 290 g/mol. The first kappa shape index (κ1) is 15.7. The minimum atomic E-state index is -0.323. The Morgan fingerprint density at radius 3 is 2.91 bits per heavy atom. The second-order valence-corrected chi connectivity index (χ2v) is 4.71. The monoisotopic (exact) mass is 307 g/mol. The normalized spacial score (nSPS) is 10.6. The van der Waals surface area contributed by atoms with Gasteiger partial charge < -0.3 is 10.1 Å². The minimum Gasteiger partial charge on any atom is -0.469 e. The molecule has 2 heterocycles. The quantitative estimate of drug-likeness (QED) is 0.553. The van der Waals surface area contributed by atoms with Crippen LogP contribution in [0.3, 0.4) is 0 Å². The highest BCUT2D eigenvalue weighted by molar-refractivity contribution is 5.77. The van der Waals surface area contributed by atoms with Crippen LogP contribution < -0.4 is 10.9 Å². The Kier molecular flexibility index (Phi) is 4.87. The maximum Gasteiger partial charge on any atom is 0.305 e. The minimum absolute atomic E-state index is 0.130. The molecule has 9 heteroatoms. The van der Waals surface area contributed by atoms with Gasteiger partial charge in [0.15, 0.2) is 5.65 Å². The standard InChI is InChI=1S/C13H17N5O4/c1-17-12-9(6-16-17)13(21)18(8-15-12)7-10(19)14-5-3-4-11(20)22-2/h6,8H,3-5,7H2,1-2H3,(H,14,19). The Labute approximate surface area is 125 Å². The Hall–Kier alpha value is -2.71. The number of aryl methyl sites for hydroxylation is 1. The van der Waals surface area contributed by atoms with Gasteiger partial charge in [-0.2, -0.15) is 5.10 Å². The van der Waals surface area contributed by atoms with Crippen molar-refractivity contribution >= 4 is 22.9 Å². The van der Waals surface area contributed by atoms with Crippen LogP contribution in [0.4, 0.5) is 0 Å². The van der Waals surface area contributed by atoms with Crippen molar-refractivity contribution < 1.29 is 14.3 Å². The van der Waals surface area contributed by atoms with Gasteiger partial charge in [-0.3, -0.25) is 23.6 Å². The molecule has 0 fully saturated rings. The fourth-order valence-electron chi connectivity index (χ4n) is 1.95. The number of nitrogens with one attached hydrogen (secondary N) is 1. The molecule has 0 aliphatic carbocycles. The number of esters is 1. The first-order valence-electron chi connectivity index (χ1n) is 6.73. The van der Waals surface area contributed by atoms with Crippen molar-refractivity contribution in [1.29, 1.82) is 0 Å². The third-order valence-electron chi connectivity index (χ3n) is 3.14. The van der Waals surface area contributed by atoms with Gasteiger partial charge in [-0.1, -0.05) is 0 Å². The molecule has 9 nitrogen and oxygen atoms in total. The van der Waals surface area contributed by atoms with Crippen LogP contribution in [0.25, 0.3) is 11.0 Å². The molecule has 0 aromatic carbocycles. The van der Waals surface area contributed by atoms with Gasteiger partial charge in [-0.05, 0) is 6.42 Å². The first-order valence-corrected chi connectivity index (χ1v) is 6.73. The van der Waals surface area contributed by atoms with Crippen LogP contribution >= 0.6 is 0 Å². The molecule has 2 aromatic heterocycles. The smallest absolute Gasteiger partial charge is 0.305 e. The van der Waals surface area contributed by atoms with Gasteiger partial charge >= 0.3 is 5.97 Å². The van der Waals surface area contributed by atoms with Gasteiger partial charge in [0.2, 0.25) is 5.91 Å². The summed E-state index contributed by atoms with van der Waals surface area (Å²) >= 11 is 0. The van der Waals surface area contributed by atoms with Gasteiger partial charge in [-0.15, -0.1) is 0 Å². The number of amides is 1. The second kappa shape index (κ2) is 6.83. The third-order valence-corrected chi connectivity index (χ3v) is 3.14. The summed E-state index contributed by atoms with van der Waals surface area (Å²) in [6.07, 6.45) is 3.46. The van der Waals surface area contributed by atoms with Crippen LogP contribution in [0.15, 0.2) is 17.3 Å². The van der Waals surface area contributed by atoms with E-state index in [-0.39, 0.29) is 30.4 Å². The fraction of sp³-hybridized carbons (Fsp3) is 0.462. The van der Waals surface area contributed by atoms with Crippen LogP contribution in [-0.2, 0) is 27.9 Å². The maximum atomic E-state index is 12.2. The topological polar surface area (TPSA) is 108 Å². The summed E-state index contributed by atoms with van der Waals surface area (Å²) in [5, 5.41) is 6.96. The number of hydrogen-bond acceptors (Lipinski definition) is 6. The van der Waals surface area contributed by atoms with Gasteiger partial charge in [0.05, 0.1) is 13.3 Å². The molecular formula is C13H17N5O4. The molecule has 2 aromatic rings. The molecule has 1 amide bonds. The molecule has 118 valence electrons. The summed E-state index contributed by atoms with van der Waals surface area (Å²) in [6, 6.07) is 0. The molecule has 0 aliphatic rings. The molecule has 2 rings (SSSR count). The fourth-order valence-corrected chi connectivity index (χ4v) is 1.95. The van der Waals surface area contributed by atoms with Crippen molar-refractivity contribution in [2.45, 2.75) is 19.4 Å². The van der Waals surface area contributed by atoms with E-state index in [2.05, 4.69) is 20.1 Å². The molecule has 0 unspecified atom stereocenters. The summed E-state index contributed by atoms with van der Waals surface area (Å²) in [5.74, 6) is -0.645. The number of aromatic nitrogens is 4. The van der Waals surface area contributed by atoms with Gasteiger partial charge in [0.25, 0.3) is 5.56 Å². The van der Waals surface area contributed by atoms with Gasteiger partial charge in [0, 0.05) is 20.0 Å². The lowest BCUT2D eigenvalue weighted by molar-refractivity contribution is -0.140. The van der Waals surface area contributed by atoms with Crippen molar-refractivity contribution in [2.75, 3.05) is 13.7 Å². The van der Waals surface area contributed by atoms with Crippen molar-refractivity contribution in [3.05, 3.63) is 22.9 Å². The molecule has 0 radical (unpaired) electrons. The van der Waals surface area contributed by atoms with E-state index in [1.807, 2.05) is 0 Å². The molecule has 0 saturated carbocycles. The predicted molar refractivity (Wildman–Crippen MR) is 77.0 cm³/mol. The number of methoxy groups -OCH3 is 1. The summed E-state index contributed by atoms with van der Waals surface area (Å²) in [6.45, 7) is 0.208. The van der Waals surface area contributed by atoms with E-state index in [0.29, 0.717) is 24.0 Å². The molecule has 0 atom stereocenters. The van der Waals surface area contributed by atoms with E-state index < -0.39 is 0 Å². The SMILES string of the molecule is COC(=O)CCCNC(=O)Cn1cnc2c(cnn2C)c1=O. The molecule has 22 heavy (non-hydrogen) atoms. The molecule has 0 bridgehead atoms. The van der Waals surface area contributed by atoms with Gasteiger partial charge in [0.1, 0.15) is 18.3 Å². The number of carbonyl (C=O) groups excluding carboxylic acids is 2. The predicted octanol–water partition coefficient (Wildman–Crippen LogP) is -0.801. The van der Waals surface area contributed by atoms with Crippen molar-refractivity contribution in [1.82, 2.24) is 24.6 Å². The number of hydrogen-bond donors (Lipinski definition) is 1. The van der Waals surface area contributed by atoms with E-state index in [0.717, 1.165) is 0 Å². The van der Waals surface area contributed by atoms with Crippen molar-refractivity contribution in [3.8, 4) is 0 Å². The highest BCUT2D eigenvalue weighted by Gasteiger charge is 2.10. The lowest BCUT2D eigenvalue weighted by atomic mass is 10.3. The summed E-state index contributed by atoms with van der Waals surface area (Å²) in [5.41, 5.74) is 0.155. The molecule has 0 aliphatic heterocycles. The highest BCUT2D eigenvalue weighted by Crippen LogP contribution is 2.02. The number of rotatable bonds is 6. The van der Waals surface area contributed by atoms with Crippen LogP contribution in [0.2, 0.25) is 0 Å².